The van der Waals surface area contributed by atoms with Crippen LogP contribution >= 0.6 is 0 Å². The molecule has 18 heavy (non-hydrogen) atoms. The van der Waals surface area contributed by atoms with E-state index in [1.807, 2.05) is 24.3 Å². The average molecular weight is 252 g/mol. The predicted octanol–water partition coefficient (Wildman–Crippen LogP) is 0.800. The van der Waals surface area contributed by atoms with E-state index >= 15 is 0 Å². The molecule has 0 bridgehead atoms. The number of ether oxygens (including phenoxy) is 2. The van der Waals surface area contributed by atoms with Crippen molar-refractivity contribution in [3.05, 3.63) is 24.3 Å². The van der Waals surface area contributed by atoms with Crippen LogP contribution in [0.4, 0.5) is 0 Å². The quantitative estimate of drug-likeness (QED) is 0.672. The second kappa shape index (κ2) is 8.36. The van der Waals surface area contributed by atoms with Gasteiger partial charge in [0.25, 0.3) is 0 Å². The number of benzene rings is 1. The van der Waals surface area contributed by atoms with Crippen molar-refractivity contribution in [2.24, 2.45) is 0 Å². The maximum Gasteiger partial charge on any atom is 0.216 e. The summed E-state index contributed by atoms with van der Waals surface area (Å²) < 4.78 is 10.8. The van der Waals surface area contributed by atoms with Gasteiger partial charge in [-0.2, -0.15) is 0 Å². The summed E-state index contributed by atoms with van der Waals surface area (Å²) in [7, 11) is 1.62. The van der Waals surface area contributed by atoms with E-state index in [1.165, 1.54) is 6.92 Å². The zero-order chi connectivity index (χ0) is 13.2. The summed E-state index contributed by atoms with van der Waals surface area (Å²) in [6.07, 6.45) is 0. The molecule has 0 spiro atoms. The van der Waals surface area contributed by atoms with Crippen LogP contribution in [0, 0.1) is 0 Å². The van der Waals surface area contributed by atoms with Gasteiger partial charge < -0.3 is 20.1 Å². The van der Waals surface area contributed by atoms with Crippen molar-refractivity contribution in [3.63, 3.8) is 0 Å². The molecule has 0 unspecified atom stereocenters. The van der Waals surface area contributed by atoms with E-state index in [0.717, 1.165) is 24.6 Å². The highest BCUT2D eigenvalue weighted by Crippen LogP contribution is 2.25. The van der Waals surface area contributed by atoms with E-state index < -0.39 is 0 Å². The van der Waals surface area contributed by atoms with Crippen LogP contribution in [-0.2, 0) is 4.79 Å². The van der Waals surface area contributed by atoms with Gasteiger partial charge in [0.1, 0.15) is 6.61 Å². The average Bonchev–Trinajstić information content (AvgIpc) is 2.37. The van der Waals surface area contributed by atoms with Crippen LogP contribution in [0.2, 0.25) is 0 Å². The van der Waals surface area contributed by atoms with Gasteiger partial charge in [0.2, 0.25) is 5.91 Å². The Hall–Kier alpha value is -1.75. The van der Waals surface area contributed by atoms with Gasteiger partial charge in [0.15, 0.2) is 11.5 Å². The molecule has 0 atom stereocenters. The van der Waals surface area contributed by atoms with Gasteiger partial charge in [-0.1, -0.05) is 12.1 Å². The molecule has 5 heteroatoms. The van der Waals surface area contributed by atoms with Crippen molar-refractivity contribution >= 4 is 5.91 Å². The molecule has 0 heterocycles. The van der Waals surface area contributed by atoms with Gasteiger partial charge in [-0.3, -0.25) is 4.79 Å². The second-order valence-electron chi connectivity index (χ2n) is 3.73. The van der Waals surface area contributed by atoms with Crippen LogP contribution in [0.25, 0.3) is 0 Å². The number of carbonyl (C=O) groups excluding carboxylic acids is 1. The molecule has 0 radical (unpaired) electrons. The van der Waals surface area contributed by atoms with Gasteiger partial charge in [0.05, 0.1) is 7.11 Å². The third kappa shape index (κ3) is 5.54. The normalized spacial score (nSPS) is 9.89. The maximum atomic E-state index is 10.6. The summed E-state index contributed by atoms with van der Waals surface area (Å²) in [5, 5.41) is 5.88. The first kappa shape index (κ1) is 14.3. The Morgan fingerprint density at radius 3 is 2.56 bits per heavy atom. The SMILES string of the molecule is COc1ccccc1OCCNCCNC(C)=O. The Bertz CT molecular complexity index is 369. The van der Waals surface area contributed by atoms with E-state index in [1.54, 1.807) is 7.11 Å². The molecule has 0 aliphatic rings. The number of carbonyl (C=O) groups is 1. The summed E-state index contributed by atoms with van der Waals surface area (Å²) in [6, 6.07) is 7.54. The highest BCUT2D eigenvalue weighted by atomic mass is 16.5. The molecular formula is C13H20N2O3. The number of methoxy groups -OCH3 is 1. The molecule has 0 fully saturated rings. The lowest BCUT2D eigenvalue weighted by Gasteiger charge is -2.10. The number of rotatable bonds is 8. The first-order valence-corrected chi connectivity index (χ1v) is 5.95. The van der Waals surface area contributed by atoms with Crippen molar-refractivity contribution in [1.82, 2.24) is 10.6 Å². The van der Waals surface area contributed by atoms with Crippen LogP contribution in [0.5, 0.6) is 11.5 Å². The molecule has 0 aliphatic carbocycles. The van der Waals surface area contributed by atoms with Crippen molar-refractivity contribution in [1.29, 1.82) is 0 Å². The fourth-order valence-corrected chi connectivity index (χ4v) is 1.42. The summed E-state index contributed by atoms with van der Waals surface area (Å²) in [4.78, 5) is 10.6. The lowest BCUT2D eigenvalue weighted by molar-refractivity contribution is -0.118. The standard InChI is InChI=1S/C13H20N2O3/c1-11(16)15-8-7-14-9-10-18-13-6-4-3-5-12(13)17-2/h3-6,14H,7-10H2,1-2H3,(H,15,16). The molecule has 5 nitrogen and oxygen atoms in total. The highest BCUT2D eigenvalue weighted by molar-refractivity contribution is 5.72. The Kier molecular flexibility index (Phi) is 6.64. The van der Waals surface area contributed by atoms with Crippen LogP contribution in [0.15, 0.2) is 24.3 Å². The first-order valence-electron chi connectivity index (χ1n) is 5.95. The van der Waals surface area contributed by atoms with Crippen molar-refractivity contribution < 1.29 is 14.3 Å². The van der Waals surface area contributed by atoms with Gasteiger partial charge in [0, 0.05) is 26.6 Å². The van der Waals surface area contributed by atoms with E-state index in [0.29, 0.717) is 13.2 Å². The van der Waals surface area contributed by atoms with Gasteiger partial charge >= 0.3 is 0 Å². The summed E-state index contributed by atoms with van der Waals surface area (Å²) >= 11 is 0. The number of hydrogen-bond acceptors (Lipinski definition) is 4. The predicted molar refractivity (Wildman–Crippen MR) is 70.0 cm³/mol. The van der Waals surface area contributed by atoms with Crippen molar-refractivity contribution in [3.8, 4) is 11.5 Å². The number of hydrogen-bond donors (Lipinski definition) is 2. The Morgan fingerprint density at radius 2 is 1.89 bits per heavy atom. The van der Waals surface area contributed by atoms with Gasteiger partial charge in [-0.15, -0.1) is 0 Å². The fraction of sp³-hybridized carbons (Fsp3) is 0.462. The van der Waals surface area contributed by atoms with E-state index in [9.17, 15) is 4.79 Å². The Morgan fingerprint density at radius 1 is 1.17 bits per heavy atom. The molecular weight excluding hydrogens is 232 g/mol. The Labute approximate surface area is 107 Å². The lowest BCUT2D eigenvalue weighted by Crippen LogP contribution is -2.32. The monoisotopic (exact) mass is 252 g/mol. The first-order chi connectivity index (χ1) is 8.74. The molecule has 100 valence electrons. The molecule has 2 N–H and O–H groups in total. The van der Waals surface area contributed by atoms with Crippen LogP contribution in [0.3, 0.4) is 0 Å². The highest BCUT2D eigenvalue weighted by Gasteiger charge is 2.01. The van der Waals surface area contributed by atoms with Gasteiger partial charge in [-0.05, 0) is 12.1 Å². The largest absolute Gasteiger partial charge is 0.493 e. The molecule has 1 amide bonds. The van der Waals surface area contributed by atoms with Gasteiger partial charge in [-0.25, -0.2) is 0 Å². The number of amides is 1. The fourth-order valence-electron chi connectivity index (χ4n) is 1.42. The molecule has 1 aromatic rings. The second-order valence-corrected chi connectivity index (χ2v) is 3.73. The molecule has 0 saturated carbocycles. The molecule has 1 rings (SSSR count). The third-order valence-electron chi connectivity index (χ3n) is 2.28. The number of para-hydroxylation sites is 2. The van der Waals surface area contributed by atoms with Crippen LogP contribution in [-0.4, -0.2) is 39.3 Å². The van der Waals surface area contributed by atoms with Crippen LogP contribution < -0.4 is 20.1 Å². The lowest BCUT2D eigenvalue weighted by atomic mass is 10.3. The minimum Gasteiger partial charge on any atom is -0.493 e. The van der Waals surface area contributed by atoms with Crippen molar-refractivity contribution in [2.45, 2.75) is 6.92 Å². The minimum absolute atomic E-state index is 0.0120. The zero-order valence-electron chi connectivity index (χ0n) is 10.9. The van der Waals surface area contributed by atoms with E-state index in [-0.39, 0.29) is 5.91 Å². The van der Waals surface area contributed by atoms with E-state index in [4.69, 9.17) is 9.47 Å². The molecule has 0 aliphatic heterocycles. The molecule has 0 aromatic heterocycles. The maximum absolute atomic E-state index is 10.6. The summed E-state index contributed by atoms with van der Waals surface area (Å²) in [6.45, 7) is 4.14. The minimum atomic E-state index is -0.0120. The molecule has 1 aromatic carbocycles. The summed E-state index contributed by atoms with van der Waals surface area (Å²) in [5.74, 6) is 1.46. The van der Waals surface area contributed by atoms with Crippen molar-refractivity contribution in [2.75, 3.05) is 33.4 Å². The Balaban J connectivity index is 2.12. The number of nitrogens with one attached hydrogen (secondary N) is 2. The van der Waals surface area contributed by atoms with E-state index in [2.05, 4.69) is 10.6 Å². The third-order valence-corrected chi connectivity index (χ3v) is 2.28. The zero-order valence-corrected chi connectivity index (χ0v) is 10.9. The topological polar surface area (TPSA) is 59.6 Å². The smallest absolute Gasteiger partial charge is 0.216 e. The molecule has 0 saturated heterocycles. The van der Waals surface area contributed by atoms with Crippen LogP contribution in [0.1, 0.15) is 6.92 Å². The summed E-state index contributed by atoms with van der Waals surface area (Å²) in [5.41, 5.74) is 0.